The van der Waals surface area contributed by atoms with Crippen molar-refractivity contribution in [1.82, 2.24) is 9.88 Å². The quantitative estimate of drug-likeness (QED) is 0.803. The molecule has 0 aliphatic heterocycles. The van der Waals surface area contributed by atoms with Crippen molar-refractivity contribution in [3.05, 3.63) is 54.0 Å². The van der Waals surface area contributed by atoms with E-state index in [9.17, 15) is 9.18 Å². The van der Waals surface area contributed by atoms with E-state index < -0.39 is 0 Å². The summed E-state index contributed by atoms with van der Waals surface area (Å²) in [5, 5.41) is 0. The first-order chi connectivity index (χ1) is 10.7. The predicted molar refractivity (Wildman–Crippen MR) is 86.1 cm³/mol. The highest BCUT2D eigenvalue weighted by molar-refractivity contribution is 5.94. The minimum atomic E-state index is -0.295. The standard InChI is InChI=1S/C18H21FN2O/c1-3-5-11-21(4-2)18(22)15-9-10-17(20-13-15)14-7-6-8-16(19)12-14/h6-10,12-13H,3-5,11H2,1-2H3. The number of carbonyl (C=O) groups is 1. The Hall–Kier alpha value is -2.23. The van der Waals surface area contributed by atoms with E-state index in [1.54, 1.807) is 30.5 Å². The maximum atomic E-state index is 13.2. The number of benzene rings is 1. The molecule has 1 heterocycles. The van der Waals surface area contributed by atoms with E-state index in [2.05, 4.69) is 11.9 Å². The van der Waals surface area contributed by atoms with Gasteiger partial charge in [-0.05, 0) is 37.6 Å². The molecule has 4 heteroatoms. The Morgan fingerprint density at radius 2 is 2.05 bits per heavy atom. The zero-order chi connectivity index (χ0) is 15.9. The molecule has 0 unspecified atom stereocenters. The van der Waals surface area contributed by atoms with Gasteiger partial charge in [-0.25, -0.2) is 4.39 Å². The molecule has 2 rings (SSSR count). The minimum Gasteiger partial charge on any atom is -0.339 e. The van der Waals surface area contributed by atoms with Crippen molar-refractivity contribution in [2.24, 2.45) is 0 Å². The number of unbranched alkanes of at least 4 members (excludes halogenated alkanes) is 1. The molecule has 0 atom stereocenters. The smallest absolute Gasteiger partial charge is 0.255 e. The van der Waals surface area contributed by atoms with Crippen LogP contribution in [0.1, 0.15) is 37.0 Å². The van der Waals surface area contributed by atoms with Gasteiger partial charge < -0.3 is 4.90 Å². The number of halogens is 1. The third kappa shape index (κ3) is 3.91. The molecule has 0 bridgehead atoms. The Kier molecular flexibility index (Phi) is 5.64. The number of amides is 1. The topological polar surface area (TPSA) is 33.2 Å². The fraction of sp³-hybridized carbons (Fsp3) is 0.333. The SMILES string of the molecule is CCCCN(CC)C(=O)c1ccc(-c2cccc(F)c2)nc1. The van der Waals surface area contributed by atoms with Gasteiger partial charge in [-0.1, -0.05) is 25.5 Å². The van der Waals surface area contributed by atoms with E-state index >= 15 is 0 Å². The number of pyridine rings is 1. The van der Waals surface area contributed by atoms with E-state index in [0.29, 0.717) is 23.4 Å². The molecule has 3 nitrogen and oxygen atoms in total. The van der Waals surface area contributed by atoms with E-state index in [1.165, 1.54) is 12.1 Å². The summed E-state index contributed by atoms with van der Waals surface area (Å²) in [4.78, 5) is 18.5. The van der Waals surface area contributed by atoms with Gasteiger partial charge in [0.2, 0.25) is 0 Å². The third-order valence-electron chi connectivity index (χ3n) is 3.58. The third-order valence-corrected chi connectivity index (χ3v) is 3.58. The second-order valence-corrected chi connectivity index (χ2v) is 5.18. The molecule has 1 aromatic carbocycles. The van der Waals surface area contributed by atoms with Crippen LogP contribution in [0.2, 0.25) is 0 Å². The van der Waals surface area contributed by atoms with Gasteiger partial charge in [-0.2, -0.15) is 0 Å². The van der Waals surface area contributed by atoms with Crippen molar-refractivity contribution >= 4 is 5.91 Å². The van der Waals surface area contributed by atoms with Crippen molar-refractivity contribution < 1.29 is 9.18 Å². The van der Waals surface area contributed by atoms with Crippen LogP contribution in [0.15, 0.2) is 42.6 Å². The van der Waals surface area contributed by atoms with Crippen LogP contribution in [0, 0.1) is 5.82 Å². The van der Waals surface area contributed by atoms with Crippen molar-refractivity contribution in [2.45, 2.75) is 26.7 Å². The van der Waals surface area contributed by atoms with E-state index in [1.807, 2.05) is 11.8 Å². The molecule has 1 aromatic heterocycles. The average molecular weight is 300 g/mol. The first-order valence-electron chi connectivity index (χ1n) is 7.67. The maximum absolute atomic E-state index is 13.2. The number of hydrogen-bond acceptors (Lipinski definition) is 2. The van der Waals surface area contributed by atoms with Crippen LogP contribution in [-0.4, -0.2) is 28.9 Å². The summed E-state index contributed by atoms with van der Waals surface area (Å²) < 4.78 is 13.2. The molecule has 0 aliphatic carbocycles. The number of rotatable bonds is 6. The van der Waals surface area contributed by atoms with Gasteiger partial charge in [0.15, 0.2) is 0 Å². The molecule has 0 aliphatic rings. The highest BCUT2D eigenvalue weighted by atomic mass is 19.1. The molecular formula is C18H21FN2O. The average Bonchev–Trinajstić information content (AvgIpc) is 2.55. The first-order valence-corrected chi connectivity index (χ1v) is 7.67. The Morgan fingerprint density at radius 1 is 1.23 bits per heavy atom. The summed E-state index contributed by atoms with van der Waals surface area (Å²) in [6.45, 7) is 5.53. The monoisotopic (exact) mass is 300 g/mol. The minimum absolute atomic E-state index is 0.00533. The number of carbonyl (C=O) groups excluding carboxylic acids is 1. The lowest BCUT2D eigenvalue weighted by atomic mass is 10.1. The largest absolute Gasteiger partial charge is 0.339 e. The molecule has 0 radical (unpaired) electrons. The zero-order valence-corrected chi connectivity index (χ0v) is 13.1. The second kappa shape index (κ2) is 7.69. The molecule has 0 saturated heterocycles. The van der Waals surface area contributed by atoms with Crippen molar-refractivity contribution in [3.8, 4) is 11.3 Å². The molecule has 0 N–H and O–H groups in total. The Morgan fingerprint density at radius 3 is 2.64 bits per heavy atom. The zero-order valence-electron chi connectivity index (χ0n) is 13.1. The summed E-state index contributed by atoms with van der Waals surface area (Å²) in [7, 11) is 0. The number of nitrogens with zero attached hydrogens (tertiary/aromatic N) is 2. The Balaban J connectivity index is 2.15. The van der Waals surface area contributed by atoms with Gasteiger partial charge in [0.1, 0.15) is 5.82 Å². The predicted octanol–water partition coefficient (Wildman–Crippen LogP) is 4.15. The summed E-state index contributed by atoms with van der Waals surface area (Å²) in [6.07, 6.45) is 3.62. The summed E-state index contributed by atoms with van der Waals surface area (Å²) >= 11 is 0. The molecule has 1 amide bonds. The van der Waals surface area contributed by atoms with Crippen molar-refractivity contribution in [1.29, 1.82) is 0 Å². The molecule has 0 saturated carbocycles. The van der Waals surface area contributed by atoms with E-state index in [4.69, 9.17) is 0 Å². The number of aromatic nitrogens is 1. The summed E-state index contributed by atoms with van der Waals surface area (Å²) in [5.74, 6) is -0.301. The van der Waals surface area contributed by atoms with Crippen LogP contribution < -0.4 is 0 Å². The maximum Gasteiger partial charge on any atom is 0.255 e. The molecule has 0 spiro atoms. The number of hydrogen-bond donors (Lipinski definition) is 0. The van der Waals surface area contributed by atoms with Gasteiger partial charge in [-0.15, -0.1) is 0 Å². The van der Waals surface area contributed by atoms with Crippen LogP contribution in [0.25, 0.3) is 11.3 Å². The van der Waals surface area contributed by atoms with E-state index in [0.717, 1.165) is 19.4 Å². The van der Waals surface area contributed by atoms with Gasteiger partial charge in [-0.3, -0.25) is 9.78 Å². The lowest BCUT2D eigenvalue weighted by Crippen LogP contribution is -2.31. The van der Waals surface area contributed by atoms with Crippen molar-refractivity contribution in [3.63, 3.8) is 0 Å². The molecular weight excluding hydrogens is 279 g/mol. The normalized spacial score (nSPS) is 10.5. The fourth-order valence-corrected chi connectivity index (χ4v) is 2.27. The van der Waals surface area contributed by atoms with Crippen LogP contribution in [-0.2, 0) is 0 Å². The van der Waals surface area contributed by atoms with Crippen LogP contribution in [0.3, 0.4) is 0 Å². The van der Waals surface area contributed by atoms with Crippen LogP contribution in [0.4, 0.5) is 4.39 Å². The van der Waals surface area contributed by atoms with Gasteiger partial charge in [0.25, 0.3) is 5.91 Å². The highest BCUT2D eigenvalue weighted by Crippen LogP contribution is 2.18. The lowest BCUT2D eigenvalue weighted by Gasteiger charge is -2.20. The van der Waals surface area contributed by atoms with Crippen LogP contribution >= 0.6 is 0 Å². The molecule has 0 fully saturated rings. The van der Waals surface area contributed by atoms with Gasteiger partial charge in [0.05, 0.1) is 11.3 Å². The molecule has 2 aromatic rings. The fourth-order valence-electron chi connectivity index (χ4n) is 2.27. The molecule has 116 valence electrons. The Labute approximate surface area is 130 Å². The summed E-state index contributed by atoms with van der Waals surface area (Å²) in [6, 6.07) is 9.79. The Bertz CT molecular complexity index is 625. The van der Waals surface area contributed by atoms with Crippen LogP contribution in [0.5, 0.6) is 0 Å². The van der Waals surface area contributed by atoms with Crippen molar-refractivity contribution in [2.75, 3.05) is 13.1 Å². The first kappa shape index (κ1) is 16.1. The lowest BCUT2D eigenvalue weighted by molar-refractivity contribution is 0.0762. The summed E-state index contributed by atoms with van der Waals surface area (Å²) in [5.41, 5.74) is 1.93. The van der Waals surface area contributed by atoms with E-state index in [-0.39, 0.29) is 11.7 Å². The highest BCUT2D eigenvalue weighted by Gasteiger charge is 2.14. The van der Waals surface area contributed by atoms with Gasteiger partial charge in [0, 0.05) is 24.8 Å². The molecule has 22 heavy (non-hydrogen) atoms. The second-order valence-electron chi connectivity index (χ2n) is 5.18. The van der Waals surface area contributed by atoms with Gasteiger partial charge >= 0.3 is 0 Å².